The first-order valence-electron chi connectivity index (χ1n) is 6.78. The highest BCUT2D eigenvalue weighted by atomic mass is 32.1. The second-order valence-electron chi connectivity index (χ2n) is 5.09. The molecule has 0 aliphatic rings. The van der Waals surface area contributed by atoms with Crippen molar-refractivity contribution >= 4 is 32.8 Å². The standard InChI is InChI=1S/C18H13NS2/c1-12-7-17(20-10-12)13-4-5-15-16(11-21-18(15)8-13)14-3-2-6-19-9-14/h2-11H,1H3. The smallest absolute Gasteiger partial charge is 0.0355 e. The van der Waals surface area contributed by atoms with Gasteiger partial charge in [0.25, 0.3) is 0 Å². The number of hydrogen-bond donors (Lipinski definition) is 0. The van der Waals surface area contributed by atoms with E-state index in [1.165, 1.54) is 37.2 Å². The van der Waals surface area contributed by atoms with Crippen LogP contribution in [0.5, 0.6) is 0 Å². The van der Waals surface area contributed by atoms with Gasteiger partial charge in [-0.1, -0.05) is 18.2 Å². The van der Waals surface area contributed by atoms with E-state index in [4.69, 9.17) is 0 Å². The Hall–Kier alpha value is -1.97. The summed E-state index contributed by atoms with van der Waals surface area (Å²) in [5, 5.41) is 5.74. The molecule has 0 unspecified atom stereocenters. The molecule has 0 N–H and O–H groups in total. The van der Waals surface area contributed by atoms with Crippen LogP contribution in [-0.4, -0.2) is 4.98 Å². The van der Waals surface area contributed by atoms with E-state index in [-0.39, 0.29) is 0 Å². The lowest BCUT2D eigenvalue weighted by Crippen LogP contribution is -1.77. The number of benzene rings is 1. The number of pyridine rings is 1. The minimum atomic E-state index is 1.18. The number of fused-ring (bicyclic) bond motifs is 1. The number of aromatic nitrogens is 1. The van der Waals surface area contributed by atoms with E-state index in [2.05, 4.69) is 53.0 Å². The molecular weight excluding hydrogens is 294 g/mol. The van der Waals surface area contributed by atoms with Crippen molar-refractivity contribution in [1.82, 2.24) is 4.98 Å². The van der Waals surface area contributed by atoms with Gasteiger partial charge in [-0.15, -0.1) is 22.7 Å². The van der Waals surface area contributed by atoms with Crippen molar-refractivity contribution in [2.45, 2.75) is 6.92 Å². The van der Waals surface area contributed by atoms with Crippen LogP contribution >= 0.6 is 22.7 Å². The normalized spacial score (nSPS) is 11.1. The Morgan fingerprint density at radius 3 is 2.67 bits per heavy atom. The summed E-state index contributed by atoms with van der Waals surface area (Å²) in [7, 11) is 0. The first kappa shape index (κ1) is 12.7. The van der Waals surface area contributed by atoms with Gasteiger partial charge in [0, 0.05) is 38.5 Å². The van der Waals surface area contributed by atoms with Crippen LogP contribution in [0.2, 0.25) is 0 Å². The van der Waals surface area contributed by atoms with Crippen molar-refractivity contribution in [3.8, 4) is 21.6 Å². The van der Waals surface area contributed by atoms with Gasteiger partial charge in [-0.05, 0) is 47.0 Å². The van der Waals surface area contributed by atoms with Crippen LogP contribution in [0.25, 0.3) is 31.7 Å². The van der Waals surface area contributed by atoms with E-state index in [9.17, 15) is 0 Å². The fourth-order valence-corrected chi connectivity index (χ4v) is 4.42. The summed E-state index contributed by atoms with van der Waals surface area (Å²) in [6, 6.07) is 13.1. The van der Waals surface area contributed by atoms with E-state index in [1.54, 1.807) is 11.3 Å². The Morgan fingerprint density at radius 1 is 0.952 bits per heavy atom. The predicted octanol–water partition coefficient (Wildman–Crippen LogP) is 6.00. The zero-order valence-electron chi connectivity index (χ0n) is 11.5. The number of thiophene rings is 2. The number of hydrogen-bond acceptors (Lipinski definition) is 3. The molecule has 3 heteroatoms. The molecule has 0 spiro atoms. The third kappa shape index (κ3) is 2.28. The lowest BCUT2D eigenvalue weighted by atomic mass is 10.0. The summed E-state index contributed by atoms with van der Waals surface area (Å²) in [4.78, 5) is 5.56. The van der Waals surface area contributed by atoms with Crippen molar-refractivity contribution in [3.63, 3.8) is 0 Å². The van der Waals surface area contributed by atoms with Gasteiger partial charge in [-0.25, -0.2) is 0 Å². The monoisotopic (exact) mass is 307 g/mol. The summed E-state index contributed by atoms with van der Waals surface area (Å²) in [6.07, 6.45) is 3.74. The molecule has 0 saturated carbocycles. The Labute approximate surface area is 131 Å². The van der Waals surface area contributed by atoms with Crippen molar-refractivity contribution in [2.75, 3.05) is 0 Å². The van der Waals surface area contributed by atoms with Crippen LogP contribution in [0, 0.1) is 6.92 Å². The number of nitrogens with zero attached hydrogens (tertiary/aromatic N) is 1. The highest BCUT2D eigenvalue weighted by Crippen LogP contribution is 2.37. The molecule has 0 aliphatic carbocycles. The minimum Gasteiger partial charge on any atom is -0.264 e. The van der Waals surface area contributed by atoms with Crippen LogP contribution in [0.4, 0.5) is 0 Å². The van der Waals surface area contributed by atoms with Crippen molar-refractivity contribution in [3.05, 3.63) is 65.1 Å². The lowest BCUT2D eigenvalue weighted by molar-refractivity contribution is 1.33. The van der Waals surface area contributed by atoms with Crippen LogP contribution in [-0.2, 0) is 0 Å². The minimum absolute atomic E-state index is 1.18. The summed E-state index contributed by atoms with van der Waals surface area (Å²) in [6.45, 7) is 2.14. The Balaban J connectivity index is 1.84. The van der Waals surface area contributed by atoms with E-state index in [0.717, 1.165) is 0 Å². The second kappa shape index (κ2) is 5.10. The fourth-order valence-electron chi connectivity index (χ4n) is 2.51. The highest BCUT2D eigenvalue weighted by molar-refractivity contribution is 7.18. The molecule has 0 saturated heterocycles. The summed E-state index contributed by atoms with van der Waals surface area (Å²) in [5.74, 6) is 0. The maximum atomic E-state index is 4.22. The number of rotatable bonds is 2. The Kier molecular flexibility index (Phi) is 3.09. The molecule has 3 aromatic heterocycles. The average Bonchev–Trinajstić information content (AvgIpc) is 3.13. The zero-order chi connectivity index (χ0) is 14.2. The van der Waals surface area contributed by atoms with Gasteiger partial charge in [-0.3, -0.25) is 4.98 Å². The molecular formula is C18H13NS2. The maximum Gasteiger partial charge on any atom is 0.0355 e. The van der Waals surface area contributed by atoms with Gasteiger partial charge in [0.15, 0.2) is 0 Å². The summed E-state index contributed by atoms with van der Waals surface area (Å²) >= 11 is 3.61. The first-order chi connectivity index (χ1) is 10.3. The van der Waals surface area contributed by atoms with Gasteiger partial charge in [0.2, 0.25) is 0 Å². The molecule has 4 rings (SSSR count). The molecule has 1 nitrogen and oxygen atoms in total. The van der Waals surface area contributed by atoms with Crippen molar-refractivity contribution < 1.29 is 0 Å². The van der Waals surface area contributed by atoms with E-state index < -0.39 is 0 Å². The summed E-state index contributed by atoms with van der Waals surface area (Å²) < 4.78 is 1.33. The maximum absolute atomic E-state index is 4.22. The molecule has 0 fully saturated rings. The third-order valence-corrected chi connectivity index (χ3v) is 5.61. The largest absolute Gasteiger partial charge is 0.264 e. The molecule has 0 atom stereocenters. The number of aryl methyl sites for hydroxylation is 1. The fraction of sp³-hybridized carbons (Fsp3) is 0.0556. The third-order valence-electron chi connectivity index (χ3n) is 3.56. The molecule has 0 aliphatic heterocycles. The molecule has 102 valence electrons. The molecule has 0 radical (unpaired) electrons. The van der Waals surface area contributed by atoms with Crippen LogP contribution < -0.4 is 0 Å². The molecule has 3 heterocycles. The van der Waals surface area contributed by atoms with Crippen molar-refractivity contribution in [1.29, 1.82) is 0 Å². The van der Waals surface area contributed by atoms with E-state index in [1.807, 2.05) is 29.8 Å². The topological polar surface area (TPSA) is 12.9 Å². The molecule has 4 aromatic rings. The predicted molar refractivity (Wildman–Crippen MR) is 93.1 cm³/mol. The molecule has 0 amide bonds. The van der Waals surface area contributed by atoms with Crippen LogP contribution in [0.15, 0.2) is 59.6 Å². The van der Waals surface area contributed by atoms with Gasteiger partial charge in [0.1, 0.15) is 0 Å². The van der Waals surface area contributed by atoms with Gasteiger partial charge in [-0.2, -0.15) is 0 Å². The summed E-state index contributed by atoms with van der Waals surface area (Å²) in [5.41, 5.74) is 5.10. The second-order valence-corrected chi connectivity index (χ2v) is 6.91. The van der Waals surface area contributed by atoms with Gasteiger partial charge < -0.3 is 0 Å². The molecule has 1 aromatic carbocycles. The van der Waals surface area contributed by atoms with Crippen molar-refractivity contribution in [2.24, 2.45) is 0 Å². The zero-order valence-corrected chi connectivity index (χ0v) is 13.2. The van der Waals surface area contributed by atoms with Crippen LogP contribution in [0.3, 0.4) is 0 Å². The van der Waals surface area contributed by atoms with Gasteiger partial charge in [0.05, 0.1) is 0 Å². The Morgan fingerprint density at radius 2 is 1.90 bits per heavy atom. The SMILES string of the molecule is Cc1csc(-c2ccc3c(-c4cccnc4)csc3c2)c1. The average molecular weight is 307 g/mol. The highest BCUT2D eigenvalue weighted by Gasteiger charge is 2.08. The first-order valence-corrected chi connectivity index (χ1v) is 8.54. The molecule has 0 bridgehead atoms. The lowest BCUT2D eigenvalue weighted by Gasteiger charge is -2.01. The van der Waals surface area contributed by atoms with Gasteiger partial charge >= 0.3 is 0 Å². The van der Waals surface area contributed by atoms with Crippen LogP contribution in [0.1, 0.15) is 5.56 Å². The van der Waals surface area contributed by atoms with E-state index in [0.29, 0.717) is 0 Å². The molecule has 21 heavy (non-hydrogen) atoms. The van der Waals surface area contributed by atoms with E-state index >= 15 is 0 Å². The Bertz CT molecular complexity index is 903. The quantitative estimate of drug-likeness (QED) is 0.442.